The summed E-state index contributed by atoms with van der Waals surface area (Å²) in [4.78, 5) is 37.0. The number of fused-ring (bicyclic) bond motifs is 1. The number of nitrogens with zero attached hydrogens (tertiary/aromatic N) is 3. The molecule has 0 saturated heterocycles. The van der Waals surface area contributed by atoms with Gasteiger partial charge in [-0.1, -0.05) is 12.1 Å². The Hall–Kier alpha value is -4.14. The molecule has 0 aliphatic heterocycles. The van der Waals surface area contributed by atoms with Crippen LogP contribution in [-0.4, -0.2) is 33.9 Å². The summed E-state index contributed by atoms with van der Waals surface area (Å²) in [6.07, 6.45) is 0. The lowest BCUT2D eigenvalue weighted by Crippen LogP contribution is -2.32. The van der Waals surface area contributed by atoms with E-state index in [1.54, 1.807) is 50.6 Å². The molecule has 1 amide bonds. The summed E-state index contributed by atoms with van der Waals surface area (Å²) >= 11 is 0. The minimum Gasteiger partial charge on any atom is -0.497 e. The Kier molecular flexibility index (Phi) is 5.40. The van der Waals surface area contributed by atoms with Gasteiger partial charge in [0.05, 0.1) is 19.0 Å². The van der Waals surface area contributed by atoms with Crippen molar-refractivity contribution >= 4 is 16.9 Å². The standard InChI is InChI=1S/C22H20N4O5/c1-25-20(14-7-9-15(30-2)10-8-14)24-26(22(25)29)12-11-23-21(28)19-13-17(27)16-5-3-4-6-18(16)31-19/h3-10,13H,11-12H2,1-2H3,(H,23,28). The molecule has 2 heterocycles. The van der Waals surface area contributed by atoms with Crippen LogP contribution in [0.2, 0.25) is 0 Å². The van der Waals surface area contributed by atoms with Crippen molar-refractivity contribution in [2.45, 2.75) is 6.54 Å². The Labute approximate surface area is 176 Å². The summed E-state index contributed by atoms with van der Waals surface area (Å²) in [5.74, 6) is 0.578. The molecule has 0 fully saturated rings. The SMILES string of the molecule is COc1ccc(-c2nn(CCNC(=O)c3cc(=O)c4ccccc4o3)c(=O)n2C)cc1. The summed E-state index contributed by atoms with van der Waals surface area (Å²) in [5, 5.41) is 7.42. The molecule has 0 atom stereocenters. The zero-order valence-corrected chi connectivity index (χ0v) is 17.0. The van der Waals surface area contributed by atoms with Gasteiger partial charge < -0.3 is 14.5 Å². The van der Waals surface area contributed by atoms with Crippen molar-refractivity contribution in [1.29, 1.82) is 0 Å². The fourth-order valence-corrected chi connectivity index (χ4v) is 3.20. The van der Waals surface area contributed by atoms with Crippen LogP contribution >= 0.6 is 0 Å². The second kappa shape index (κ2) is 8.31. The molecule has 31 heavy (non-hydrogen) atoms. The number of rotatable bonds is 6. The van der Waals surface area contributed by atoms with Gasteiger partial charge in [-0.3, -0.25) is 14.2 Å². The second-order valence-corrected chi connectivity index (χ2v) is 6.84. The molecule has 2 aromatic heterocycles. The summed E-state index contributed by atoms with van der Waals surface area (Å²) in [5.41, 5.74) is 0.501. The molecule has 9 nitrogen and oxygen atoms in total. The highest BCUT2D eigenvalue weighted by Gasteiger charge is 2.14. The lowest BCUT2D eigenvalue weighted by molar-refractivity contribution is 0.0924. The zero-order chi connectivity index (χ0) is 22.0. The number of amides is 1. The highest BCUT2D eigenvalue weighted by atomic mass is 16.5. The van der Waals surface area contributed by atoms with Crippen LogP contribution in [0.5, 0.6) is 5.75 Å². The van der Waals surface area contributed by atoms with E-state index in [9.17, 15) is 14.4 Å². The summed E-state index contributed by atoms with van der Waals surface area (Å²) in [7, 11) is 3.21. The third-order valence-electron chi connectivity index (χ3n) is 4.86. The van der Waals surface area contributed by atoms with Gasteiger partial charge in [-0.25, -0.2) is 9.48 Å². The van der Waals surface area contributed by atoms with E-state index in [1.165, 1.54) is 9.25 Å². The number of ether oxygens (including phenoxy) is 1. The van der Waals surface area contributed by atoms with Gasteiger partial charge in [-0.2, -0.15) is 0 Å². The van der Waals surface area contributed by atoms with E-state index in [0.717, 1.165) is 11.6 Å². The van der Waals surface area contributed by atoms with Gasteiger partial charge in [-0.05, 0) is 36.4 Å². The second-order valence-electron chi connectivity index (χ2n) is 6.84. The van der Waals surface area contributed by atoms with E-state index >= 15 is 0 Å². The van der Waals surface area contributed by atoms with Crippen LogP contribution in [0.15, 0.2) is 68.6 Å². The van der Waals surface area contributed by atoms with Crippen LogP contribution in [0.4, 0.5) is 0 Å². The van der Waals surface area contributed by atoms with E-state index in [2.05, 4.69) is 10.4 Å². The molecule has 0 spiro atoms. The van der Waals surface area contributed by atoms with Crippen molar-refractivity contribution in [1.82, 2.24) is 19.7 Å². The largest absolute Gasteiger partial charge is 0.497 e. The molecule has 4 rings (SSSR count). The van der Waals surface area contributed by atoms with Gasteiger partial charge in [0, 0.05) is 25.2 Å². The van der Waals surface area contributed by atoms with Crippen molar-refractivity contribution in [2.75, 3.05) is 13.7 Å². The van der Waals surface area contributed by atoms with E-state index in [0.29, 0.717) is 22.5 Å². The minimum atomic E-state index is -0.540. The predicted molar refractivity (Wildman–Crippen MR) is 114 cm³/mol. The topological polar surface area (TPSA) is 108 Å². The number of hydrogen-bond acceptors (Lipinski definition) is 6. The lowest BCUT2D eigenvalue weighted by atomic mass is 10.2. The van der Waals surface area contributed by atoms with Crippen LogP contribution < -0.4 is 21.2 Å². The third kappa shape index (κ3) is 3.97. The average Bonchev–Trinajstić information content (AvgIpc) is 3.07. The number of hydrogen-bond donors (Lipinski definition) is 1. The maximum Gasteiger partial charge on any atom is 0.345 e. The van der Waals surface area contributed by atoms with Crippen molar-refractivity contribution in [3.8, 4) is 17.1 Å². The fourth-order valence-electron chi connectivity index (χ4n) is 3.20. The Morgan fingerprint density at radius 2 is 1.87 bits per heavy atom. The minimum absolute atomic E-state index is 0.0870. The number of nitrogens with one attached hydrogen (secondary N) is 1. The Morgan fingerprint density at radius 1 is 1.13 bits per heavy atom. The molecule has 158 valence electrons. The van der Waals surface area contributed by atoms with E-state index in [4.69, 9.17) is 9.15 Å². The predicted octanol–water partition coefficient (Wildman–Crippen LogP) is 1.79. The molecule has 2 aromatic carbocycles. The van der Waals surface area contributed by atoms with E-state index < -0.39 is 5.91 Å². The first-order valence-corrected chi connectivity index (χ1v) is 9.57. The first-order valence-electron chi connectivity index (χ1n) is 9.57. The summed E-state index contributed by atoms with van der Waals surface area (Å²) in [6.45, 7) is 0.292. The van der Waals surface area contributed by atoms with Gasteiger partial charge >= 0.3 is 5.69 Å². The van der Waals surface area contributed by atoms with Gasteiger partial charge in [0.25, 0.3) is 5.91 Å². The molecule has 9 heteroatoms. The highest BCUT2D eigenvalue weighted by Crippen LogP contribution is 2.19. The van der Waals surface area contributed by atoms with Gasteiger partial charge in [-0.15, -0.1) is 5.10 Å². The van der Waals surface area contributed by atoms with E-state index in [1.807, 2.05) is 12.1 Å². The molecule has 0 unspecified atom stereocenters. The molecule has 0 aliphatic carbocycles. The quantitative estimate of drug-likeness (QED) is 0.510. The molecule has 0 bridgehead atoms. The van der Waals surface area contributed by atoms with Crippen LogP contribution in [0, 0.1) is 0 Å². The fraction of sp³-hybridized carbons (Fsp3) is 0.182. The third-order valence-corrected chi connectivity index (χ3v) is 4.86. The Morgan fingerprint density at radius 3 is 2.61 bits per heavy atom. The molecular formula is C22H20N4O5. The van der Waals surface area contributed by atoms with Gasteiger partial charge in [0.2, 0.25) is 0 Å². The Balaban J connectivity index is 1.47. The maximum absolute atomic E-state index is 12.5. The number of methoxy groups -OCH3 is 1. The maximum atomic E-state index is 12.5. The number of carbonyl (C=O) groups excluding carboxylic acids is 1. The number of para-hydroxylation sites is 1. The van der Waals surface area contributed by atoms with Crippen molar-refractivity contribution in [3.05, 3.63) is 81.1 Å². The van der Waals surface area contributed by atoms with Crippen molar-refractivity contribution in [3.63, 3.8) is 0 Å². The van der Waals surface area contributed by atoms with Crippen molar-refractivity contribution in [2.24, 2.45) is 7.05 Å². The molecule has 1 N–H and O–H groups in total. The summed E-state index contributed by atoms with van der Waals surface area (Å²) < 4.78 is 13.4. The summed E-state index contributed by atoms with van der Waals surface area (Å²) in [6, 6.07) is 15.1. The highest BCUT2D eigenvalue weighted by molar-refractivity contribution is 5.93. The first-order chi connectivity index (χ1) is 15.0. The Bertz CT molecular complexity index is 1370. The monoisotopic (exact) mass is 420 g/mol. The molecule has 0 radical (unpaired) electrons. The van der Waals surface area contributed by atoms with Crippen LogP contribution in [-0.2, 0) is 13.6 Å². The van der Waals surface area contributed by atoms with Crippen molar-refractivity contribution < 1.29 is 13.9 Å². The number of carbonyl (C=O) groups is 1. The van der Waals surface area contributed by atoms with Crippen LogP contribution in [0.3, 0.4) is 0 Å². The average molecular weight is 420 g/mol. The van der Waals surface area contributed by atoms with Gasteiger partial charge in [0.15, 0.2) is 17.0 Å². The van der Waals surface area contributed by atoms with Crippen LogP contribution in [0.25, 0.3) is 22.4 Å². The molecule has 0 saturated carbocycles. The lowest BCUT2D eigenvalue weighted by Gasteiger charge is -2.05. The normalized spacial score (nSPS) is 10.9. The number of benzene rings is 2. The van der Waals surface area contributed by atoms with Crippen LogP contribution in [0.1, 0.15) is 10.6 Å². The van der Waals surface area contributed by atoms with E-state index in [-0.39, 0.29) is 30.0 Å². The smallest absolute Gasteiger partial charge is 0.345 e. The molecule has 4 aromatic rings. The first kappa shape index (κ1) is 20.1. The zero-order valence-electron chi connectivity index (χ0n) is 17.0. The van der Waals surface area contributed by atoms with Gasteiger partial charge in [0.1, 0.15) is 11.3 Å². The number of aromatic nitrogens is 3. The molecular weight excluding hydrogens is 400 g/mol. The molecule has 0 aliphatic rings.